The molecule has 0 amide bonds. The van der Waals surface area contributed by atoms with Crippen molar-refractivity contribution in [2.24, 2.45) is 0 Å². The summed E-state index contributed by atoms with van der Waals surface area (Å²) in [5.74, 6) is 0. The second-order valence-electron chi connectivity index (χ2n) is 3.21. The highest BCUT2D eigenvalue weighted by Gasteiger charge is 2.46. The molecule has 0 radical (unpaired) electrons. The molecule has 1 aromatic rings. The minimum absolute atomic E-state index is 0.253. The van der Waals surface area contributed by atoms with Crippen molar-refractivity contribution < 1.29 is 26.7 Å². The Kier molecular flexibility index (Phi) is 4.12. The zero-order valence-corrected chi connectivity index (χ0v) is 9.29. The fourth-order valence-electron chi connectivity index (χ4n) is 1.15. The van der Waals surface area contributed by atoms with E-state index in [1.807, 2.05) is 0 Å². The van der Waals surface area contributed by atoms with E-state index in [1.165, 1.54) is 29.0 Å². The van der Waals surface area contributed by atoms with E-state index in [1.54, 1.807) is 6.07 Å². The van der Waals surface area contributed by atoms with Crippen LogP contribution >= 0.6 is 0 Å². The predicted octanol–water partition coefficient (Wildman–Crippen LogP) is 1.16. The number of benzene rings is 1. The highest BCUT2D eigenvalue weighted by atomic mass is 32.2. The lowest BCUT2D eigenvalue weighted by atomic mass is 10.1. The number of hydrogen-bond donors (Lipinski definition) is 2. The molecule has 0 aromatic heterocycles. The Labute approximate surface area is 96.1 Å². The fraction of sp³-hybridized carbons (Fsp3) is 0.333. The zero-order valence-electron chi connectivity index (χ0n) is 8.48. The molecule has 0 heterocycles. The van der Waals surface area contributed by atoms with Gasteiger partial charge in [0.15, 0.2) is 0 Å². The number of halogens is 3. The van der Waals surface area contributed by atoms with Crippen molar-refractivity contribution in [1.29, 1.82) is 0 Å². The molecule has 1 atom stereocenters. The number of aliphatic hydroxyl groups is 1. The predicted molar refractivity (Wildman–Crippen MR) is 54.4 cm³/mol. The first kappa shape index (κ1) is 13.9. The van der Waals surface area contributed by atoms with Crippen LogP contribution in [0, 0.1) is 0 Å². The molecule has 96 valence electrons. The summed E-state index contributed by atoms with van der Waals surface area (Å²) >= 11 is 0. The Morgan fingerprint density at radius 3 is 2.18 bits per heavy atom. The Bertz CT molecular complexity index is 458. The monoisotopic (exact) mass is 269 g/mol. The molecule has 0 saturated heterocycles. The summed E-state index contributed by atoms with van der Waals surface area (Å²) in [5, 5.41) is 8.91. The Balaban J connectivity index is 2.94. The maximum atomic E-state index is 12.1. The van der Waals surface area contributed by atoms with Crippen LogP contribution in [0.15, 0.2) is 30.3 Å². The average molecular weight is 269 g/mol. The molecule has 1 rings (SSSR count). The van der Waals surface area contributed by atoms with Crippen molar-refractivity contribution in [3.8, 4) is 0 Å². The minimum Gasteiger partial charge on any atom is -0.394 e. The molecule has 0 bridgehead atoms. The van der Waals surface area contributed by atoms with Gasteiger partial charge in [0.2, 0.25) is 0 Å². The van der Waals surface area contributed by atoms with Crippen LogP contribution in [0.2, 0.25) is 0 Å². The zero-order chi connectivity index (χ0) is 13.1. The van der Waals surface area contributed by atoms with Gasteiger partial charge in [-0.2, -0.15) is 17.9 Å². The van der Waals surface area contributed by atoms with Crippen LogP contribution < -0.4 is 4.72 Å². The largest absolute Gasteiger partial charge is 0.511 e. The number of sulfonamides is 1. The molecule has 8 heteroatoms. The summed E-state index contributed by atoms with van der Waals surface area (Å²) in [6.07, 6.45) is 0. The molecule has 17 heavy (non-hydrogen) atoms. The average Bonchev–Trinajstić information content (AvgIpc) is 2.25. The van der Waals surface area contributed by atoms with E-state index in [0.717, 1.165) is 0 Å². The standard InChI is InChI=1S/C9H10F3NO3S/c10-9(11,12)17(15,16)13-8(6-14)7-4-2-1-3-5-7/h1-5,8,13-14H,6H2/t8-/m0/s1. The van der Waals surface area contributed by atoms with Gasteiger partial charge < -0.3 is 5.11 Å². The van der Waals surface area contributed by atoms with E-state index in [2.05, 4.69) is 0 Å². The van der Waals surface area contributed by atoms with Crippen LogP contribution in [0.1, 0.15) is 11.6 Å². The number of hydrogen-bond acceptors (Lipinski definition) is 3. The van der Waals surface area contributed by atoms with Crippen LogP contribution in [-0.2, 0) is 10.0 Å². The first-order valence-electron chi connectivity index (χ1n) is 4.52. The van der Waals surface area contributed by atoms with Gasteiger partial charge in [0.05, 0.1) is 12.6 Å². The molecule has 0 unspecified atom stereocenters. The Hall–Kier alpha value is -1.12. The van der Waals surface area contributed by atoms with Gasteiger partial charge in [0, 0.05) is 0 Å². The lowest BCUT2D eigenvalue weighted by molar-refractivity contribution is -0.0452. The van der Waals surface area contributed by atoms with Crippen LogP contribution in [0.3, 0.4) is 0 Å². The summed E-state index contributed by atoms with van der Waals surface area (Å²) in [5.41, 5.74) is -5.14. The van der Waals surface area contributed by atoms with Crippen LogP contribution in [0.4, 0.5) is 13.2 Å². The Morgan fingerprint density at radius 2 is 1.76 bits per heavy atom. The molecular weight excluding hydrogens is 259 g/mol. The normalized spacial score (nSPS) is 14.6. The second kappa shape index (κ2) is 5.03. The Morgan fingerprint density at radius 1 is 1.24 bits per heavy atom. The van der Waals surface area contributed by atoms with Crippen molar-refractivity contribution in [2.45, 2.75) is 11.6 Å². The van der Waals surface area contributed by atoms with E-state index in [-0.39, 0.29) is 5.56 Å². The summed E-state index contributed by atoms with van der Waals surface area (Å²) in [6, 6.07) is 6.19. The molecule has 2 N–H and O–H groups in total. The lowest BCUT2D eigenvalue weighted by Gasteiger charge is -2.17. The number of rotatable bonds is 4. The second-order valence-corrected chi connectivity index (χ2v) is 4.92. The smallest absolute Gasteiger partial charge is 0.394 e. The molecule has 0 spiro atoms. The maximum Gasteiger partial charge on any atom is 0.511 e. The summed E-state index contributed by atoms with van der Waals surface area (Å²) in [7, 11) is -5.47. The lowest BCUT2D eigenvalue weighted by Crippen LogP contribution is -2.39. The number of aliphatic hydroxyl groups excluding tert-OH is 1. The van der Waals surface area contributed by atoms with Crippen molar-refractivity contribution in [3.05, 3.63) is 35.9 Å². The maximum absolute atomic E-state index is 12.1. The van der Waals surface area contributed by atoms with Gasteiger partial charge in [-0.3, -0.25) is 0 Å². The molecule has 0 aliphatic carbocycles. The third-order valence-electron chi connectivity index (χ3n) is 1.99. The number of nitrogens with one attached hydrogen (secondary N) is 1. The van der Waals surface area contributed by atoms with Crippen molar-refractivity contribution in [2.75, 3.05) is 6.61 Å². The van der Waals surface area contributed by atoms with Gasteiger partial charge in [-0.1, -0.05) is 30.3 Å². The van der Waals surface area contributed by atoms with Crippen molar-refractivity contribution in [1.82, 2.24) is 4.72 Å². The van der Waals surface area contributed by atoms with E-state index >= 15 is 0 Å². The third kappa shape index (κ3) is 3.42. The van der Waals surface area contributed by atoms with Gasteiger partial charge in [0.25, 0.3) is 0 Å². The minimum atomic E-state index is -5.47. The molecule has 0 aliphatic heterocycles. The fourth-order valence-corrected chi connectivity index (χ4v) is 1.87. The van der Waals surface area contributed by atoms with Gasteiger partial charge >= 0.3 is 15.5 Å². The molecule has 4 nitrogen and oxygen atoms in total. The van der Waals surface area contributed by atoms with E-state index in [4.69, 9.17) is 5.11 Å². The molecule has 0 fully saturated rings. The quantitative estimate of drug-likeness (QED) is 0.862. The van der Waals surface area contributed by atoms with Crippen LogP contribution in [0.5, 0.6) is 0 Å². The van der Waals surface area contributed by atoms with Crippen LogP contribution in [-0.4, -0.2) is 25.6 Å². The van der Waals surface area contributed by atoms with Gasteiger partial charge in [-0.05, 0) is 5.56 Å². The third-order valence-corrected chi connectivity index (χ3v) is 3.19. The van der Waals surface area contributed by atoms with E-state index < -0.39 is 28.2 Å². The first-order valence-corrected chi connectivity index (χ1v) is 6.00. The van der Waals surface area contributed by atoms with E-state index in [9.17, 15) is 21.6 Å². The molecule has 0 aliphatic rings. The highest BCUT2D eigenvalue weighted by molar-refractivity contribution is 7.90. The molecular formula is C9H10F3NO3S. The van der Waals surface area contributed by atoms with E-state index in [0.29, 0.717) is 0 Å². The van der Waals surface area contributed by atoms with Crippen molar-refractivity contribution >= 4 is 10.0 Å². The SMILES string of the molecule is O=S(=O)(N[C@@H](CO)c1ccccc1)C(F)(F)F. The number of alkyl halides is 3. The van der Waals surface area contributed by atoms with Gasteiger partial charge in [0.1, 0.15) is 0 Å². The van der Waals surface area contributed by atoms with Crippen molar-refractivity contribution in [3.63, 3.8) is 0 Å². The molecule has 1 aromatic carbocycles. The van der Waals surface area contributed by atoms with Gasteiger partial charge in [-0.15, -0.1) is 0 Å². The highest BCUT2D eigenvalue weighted by Crippen LogP contribution is 2.24. The topological polar surface area (TPSA) is 66.4 Å². The first-order chi connectivity index (χ1) is 7.78. The summed E-state index contributed by atoms with van der Waals surface area (Å²) in [4.78, 5) is 0. The summed E-state index contributed by atoms with van der Waals surface area (Å²) < 4.78 is 59.4. The van der Waals surface area contributed by atoms with Crippen LogP contribution in [0.25, 0.3) is 0 Å². The summed E-state index contributed by atoms with van der Waals surface area (Å²) in [6.45, 7) is -0.765. The van der Waals surface area contributed by atoms with Gasteiger partial charge in [-0.25, -0.2) is 8.42 Å². The molecule has 0 saturated carbocycles.